The average Bonchev–Trinajstić information content (AvgIpc) is 2.90. The van der Waals surface area contributed by atoms with Crippen LogP contribution in [0.2, 0.25) is 0 Å². The van der Waals surface area contributed by atoms with E-state index in [1.807, 2.05) is 42.6 Å². The third-order valence-electron chi connectivity index (χ3n) is 2.64. The number of aromatic amines is 1. The molecule has 0 aliphatic rings. The summed E-state index contributed by atoms with van der Waals surface area (Å²) < 4.78 is 1.79. The smallest absolute Gasteiger partial charge is 0.173 e. The van der Waals surface area contributed by atoms with Crippen LogP contribution in [0.1, 0.15) is 5.56 Å². The first-order valence-corrected chi connectivity index (χ1v) is 5.52. The van der Waals surface area contributed by atoms with Gasteiger partial charge >= 0.3 is 0 Å². The van der Waals surface area contributed by atoms with Gasteiger partial charge in [0.25, 0.3) is 0 Å². The fourth-order valence-corrected chi connectivity index (χ4v) is 1.74. The molecule has 0 spiro atoms. The Bertz CT molecular complexity index is 757. The Hall–Kier alpha value is -2.40. The Kier molecular flexibility index (Phi) is 3.77. The first-order valence-electron chi connectivity index (χ1n) is 5.52. The van der Waals surface area contributed by atoms with Crippen molar-refractivity contribution >= 4 is 23.4 Å². The number of hydrogen-bond acceptors (Lipinski definition) is 3. The number of aromatic nitrogens is 4. The fraction of sp³-hybridized carbons (Fsp3) is 0. The van der Waals surface area contributed by atoms with E-state index in [1.165, 1.54) is 0 Å². The summed E-state index contributed by atoms with van der Waals surface area (Å²) in [6, 6.07) is 9.99. The van der Waals surface area contributed by atoms with Crippen LogP contribution in [0, 0.1) is 5.41 Å². The normalized spacial score (nSPS) is 10.7. The molecule has 96 valence electrons. The van der Waals surface area contributed by atoms with Crippen LogP contribution in [0.4, 0.5) is 0 Å². The van der Waals surface area contributed by atoms with Crippen LogP contribution in [0.5, 0.6) is 0 Å². The van der Waals surface area contributed by atoms with Crippen molar-refractivity contribution in [1.82, 2.24) is 19.5 Å². The van der Waals surface area contributed by atoms with Gasteiger partial charge < -0.3 is 17.4 Å². The zero-order chi connectivity index (χ0) is 12.4. The van der Waals surface area contributed by atoms with Crippen LogP contribution >= 0.6 is 0 Å². The molecule has 0 bridgehead atoms. The zero-order valence-corrected chi connectivity index (χ0v) is 10.7. The predicted octanol–water partition coefficient (Wildman–Crippen LogP) is -1.13. The first-order chi connectivity index (χ1) is 8.84. The Morgan fingerprint density at radius 1 is 1.16 bits per heavy atom. The molecule has 0 amide bonds. The number of H-pyrrole nitrogens is 1. The Labute approximate surface area is 115 Å². The van der Waals surface area contributed by atoms with Crippen molar-refractivity contribution in [3.63, 3.8) is 0 Å². The van der Waals surface area contributed by atoms with Gasteiger partial charge in [0, 0.05) is 6.20 Å². The highest BCUT2D eigenvalue weighted by atomic mass is 35.5. The number of nitrogens with one attached hydrogen (secondary N) is 2. The molecule has 19 heavy (non-hydrogen) atoms. The molecule has 0 saturated heterocycles. The lowest BCUT2D eigenvalue weighted by molar-refractivity contribution is -0.00000397. The molecule has 2 aromatic heterocycles. The molecule has 0 radical (unpaired) electrons. The van der Waals surface area contributed by atoms with E-state index in [1.54, 1.807) is 17.2 Å². The number of halogens is 1. The molecular formula is C13H11ClN5-. The van der Waals surface area contributed by atoms with Gasteiger partial charge in [0.2, 0.25) is 0 Å². The highest BCUT2D eigenvalue weighted by molar-refractivity contribution is 5.73. The van der Waals surface area contributed by atoms with E-state index in [2.05, 4.69) is 15.0 Å². The summed E-state index contributed by atoms with van der Waals surface area (Å²) in [7, 11) is 0. The predicted molar refractivity (Wildman–Crippen MR) is 69.4 cm³/mol. The first kappa shape index (κ1) is 13.0. The quantitative estimate of drug-likeness (QED) is 0.620. The van der Waals surface area contributed by atoms with Gasteiger partial charge in [-0.25, -0.2) is 9.97 Å². The third-order valence-corrected chi connectivity index (χ3v) is 2.64. The third kappa shape index (κ3) is 2.56. The molecule has 3 rings (SSSR count). The van der Waals surface area contributed by atoms with Gasteiger partial charge in [0.05, 0.1) is 6.33 Å². The van der Waals surface area contributed by atoms with Crippen LogP contribution in [0.15, 0.2) is 43.0 Å². The Balaban J connectivity index is 0.00000133. The molecule has 0 atom stereocenters. The molecule has 0 aliphatic heterocycles. The van der Waals surface area contributed by atoms with Crippen LogP contribution in [0.3, 0.4) is 0 Å². The molecule has 5 nitrogen and oxygen atoms in total. The van der Waals surface area contributed by atoms with E-state index < -0.39 is 0 Å². The molecule has 1 aromatic carbocycles. The van der Waals surface area contributed by atoms with Gasteiger partial charge in [-0.15, -0.1) is 0 Å². The fourth-order valence-electron chi connectivity index (χ4n) is 1.74. The second kappa shape index (κ2) is 5.49. The minimum absolute atomic E-state index is 0. The monoisotopic (exact) mass is 272 g/mol. The molecule has 2 heterocycles. The number of fused-ring (bicyclic) bond motifs is 1. The Morgan fingerprint density at radius 3 is 2.74 bits per heavy atom. The standard InChI is InChI=1S/C13H11N5.ClH/c14-12-11-13(16-8-15-11)18(9-17-12)7-6-10-4-2-1-3-5-10;/h1-9,14H,(H,15,16);1H/p-1/b7-6+,14-12?;. The average molecular weight is 273 g/mol. The largest absolute Gasteiger partial charge is 1.00 e. The van der Waals surface area contributed by atoms with Crippen LogP contribution in [-0.2, 0) is 0 Å². The summed E-state index contributed by atoms with van der Waals surface area (Å²) in [6.45, 7) is 0. The summed E-state index contributed by atoms with van der Waals surface area (Å²) in [5.74, 6) is 0. The topological polar surface area (TPSA) is 70.3 Å². The number of hydrogen-bond donors (Lipinski definition) is 2. The van der Waals surface area contributed by atoms with Crippen molar-refractivity contribution < 1.29 is 12.4 Å². The second-order valence-electron chi connectivity index (χ2n) is 3.83. The van der Waals surface area contributed by atoms with Gasteiger partial charge in [-0.2, -0.15) is 0 Å². The van der Waals surface area contributed by atoms with Gasteiger partial charge in [-0.1, -0.05) is 30.3 Å². The molecule has 2 N–H and O–H groups in total. The Morgan fingerprint density at radius 2 is 1.95 bits per heavy atom. The van der Waals surface area contributed by atoms with E-state index in [0.29, 0.717) is 11.2 Å². The lowest BCUT2D eigenvalue weighted by Gasteiger charge is -2.00. The summed E-state index contributed by atoms with van der Waals surface area (Å²) >= 11 is 0. The molecular weight excluding hydrogens is 262 g/mol. The van der Waals surface area contributed by atoms with Crippen molar-refractivity contribution in [2.75, 3.05) is 0 Å². The lowest BCUT2D eigenvalue weighted by Crippen LogP contribution is -3.00. The van der Waals surface area contributed by atoms with E-state index in [0.717, 1.165) is 5.56 Å². The molecule has 0 unspecified atom stereocenters. The minimum atomic E-state index is 0. The van der Waals surface area contributed by atoms with Gasteiger partial charge in [0.15, 0.2) is 11.1 Å². The van der Waals surface area contributed by atoms with Gasteiger partial charge in [0.1, 0.15) is 11.8 Å². The van der Waals surface area contributed by atoms with Gasteiger partial charge in [-0.3, -0.25) is 9.98 Å². The number of imidazole rings is 1. The van der Waals surface area contributed by atoms with Crippen molar-refractivity contribution in [2.45, 2.75) is 0 Å². The molecule has 3 aromatic rings. The van der Waals surface area contributed by atoms with Crippen LogP contribution in [-0.4, -0.2) is 19.5 Å². The maximum atomic E-state index is 7.65. The SMILES string of the molecule is N=c1ncn(/C=C/c2ccccc2)c2nc[nH]c12.[Cl-]. The minimum Gasteiger partial charge on any atom is -1.00 e. The van der Waals surface area contributed by atoms with Crippen LogP contribution in [0.25, 0.3) is 23.4 Å². The summed E-state index contributed by atoms with van der Waals surface area (Å²) in [5, 5.41) is 7.65. The summed E-state index contributed by atoms with van der Waals surface area (Å²) in [5.41, 5.74) is 2.63. The molecule has 6 heteroatoms. The maximum Gasteiger partial charge on any atom is 0.173 e. The van der Waals surface area contributed by atoms with Crippen molar-refractivity contribution in [1.29, 1.82) is 5.41 Å². The van der Waals surface area contributed by atoms with E-state index in [9.17, 15) is 0 Å². The molecule has 0 aliphatic carbocycles. The summed E-state index contributed by atoms with van der Waals surface area (Å²) in [6.07, 6.45) is 7.01. The van der Waals surface area contributed by atoms with Crippen LogP contribution < -0.4 is 17.9 Å². The molecule has 0 saturated carbocycles. The van der Waals surface area contributed by atoms with E-state index >= 15 is 0 Å². The highest BCUT2D eigenvalue weighted by Crippen LogP contribution is 2.06. The van der Waals surface area contributed by atoms with E-state index in [-0.39, 0.29) is 17.9 Å². The second-order valence-corrected chi connectivity index (χ2v) is 3.83. The van der Waals surface area contributed by atoms with E-state index in [4.69, 9.17) is 5.41 Å². The number of rotatable bonds is 2. The molecule has 0 fully saturated rings. The zero-order valence-electron chi connectivity index (χ0n) is 9.92. The lowest BCUT2D eigenvalue weighted by atomic mass is 10.2. The maximum absolute atomic E-state index is 7.65. The van der Waals surface area contributed by atoms with Crippen molar-refractivity contribution in [3.05, 3.63) is 54.0 Å². The van der Waals surface area contributed by atoms with Crippen molar-refractivity contribution in [2.24, 2.45) is 0 Å². The number of benzene rings is 1. The van der Waals surface area contributed by atoms with Gasteiger partial charge in [-0.05, 0) is 11.6 Å². The number of nitrogens with zero attached hydrogens (tertiary/aromatic N) is 3. The highest BCUT2D eigenvalue weighted by Gasteiger charge is 2.01. The summed E-state index contributed by atoms with van der Waals surface area (Å²) in [4.78, 5) is 11.1. The van der Waals surface area contributed by atoms with Crippen molar-refractivity contribution in [3.8, 4) is 0 Å².